The molecule has 1 amide bonds. The summed E-state index contributed by atoms with van der Waals surface area (Å²) in [6.07, 6.45) is 0.911. The summed E-state index contributed by atoms with van der Waals surface area (Å²) in [6.45, 7) is 4.26. The molecule has 1 saturated heterocycles. The Morgan fingerprint density at radius 1 is 1.07 bits per heavy atom. The number of benzene rings is 2. The molecular formula is C20H23FN2O3S. The minimum atomic E-state index is -3.57. The number of nitrogens with one attached hydrogen (secondary N) is 1. The van der Waals surface area contributed by atoms with Gasteiger partial charge in [0.05, 0.1) is 4.90 Å². The lowest BCUT2D eigenvalue weighted by atomic mass is 9.97. The lowest BCUT2D eigenvalue weighted by Gasteiger charge is -2.31. The zero-order chi connectivity index (χ0) is 19.6. The van der Waals surface area contributed by atoms with Crippen LogP contribution in [0.15, 0.2) is 47.4 Å². The van der Waals surface area contributed by atoms with Crippen LogP contribution >= 0.6 is 0 Å². The maximum absolute atomic E-state index is 13.0. The van der Waals surface area contributed by atoms with Crippen LogP contribution in [0.3, 0.4) is 0 Å². The first-order chi connectivity index (χ1) is 12.8. The van der Waals surface area contributed by atoms with Gasteiger partial charge in [-0.3, -0.25) is 4.79 Å². The van der Waals surface area contributed by atoms with Gasteiger partial charge in [-0.2, -0.15) is 4.31 Å². The van der Waals surface area contributed by atoms with E-state index in [1.165, 1.54) is 28.6 Å². The van der Waals surface area contributed by atoms with Gasteiger partial charge in [0.25, 0.3) is 0 Å². The molecule has 2 aromatic rings. The predicted octanol–water partition coefficient (Wildman–Crippen LogP) is 3.48. The number of hydrogen-bond acceptors (Lipinski definition) is 3. The maximum atomic E-state index is 13.0. The summed E-state index contributed by atoms with van der Waals surface area (Å²) < 4.78 is 40.3. The quantitative estimate of drug-likeness (QED) is 0.869. The molecule has 0 aromatic heterocycles. The average Bonchev–Trinajstić information content (AvgIpc) is 2.65. The molecule has 1 N–H and O–H groups in total. The summed E-state index contributed by atoms with van der Waals surface area (Å²) >= 11 is 0. The molecule has 7 heteroatoms. The Kier molecular flexibility index (Phi) is 5.62. The van der Waals surface area contributed by atoms with E-state index >= 15 is 0 Å². The van der Waals surface area contributed by atoms with Gasteiger partial charge in [0.15, 0.2) is 0 Å². The van der Waals surface area contributed by atoms with E-state index in [0.717, 1.165) is 11.1 Å². The fourth-order valence-corrected chi connectivity index (χ4v) is 5.04. The van der Waals surface area contributed by atoms with E-state index in [-0.39, 0.29) is 17.6 Å². The lowest BCUT2D eigenvalue weighted by molar-refractivity contribution is -0.120. The minimum Gasteiger partial charge on any atom is -0.326 e. The highest BCUT2D eigenvalue weighted by Crippen LogP contribution is 2.27. The molecule has 27 heavy (non-hydrogen) atoms. The van der Waals surface area contributed by atoms with Crippen LogP contribution in [0, 0.1) is 25.6 Å². The van der Waals surface area contributed by atoms with E-state index in [4.69, 9.17) is 0 Å². The topological polar surface area (TPSA) is 66.5 Å². The van der Waals surface area contributed by atoms with Crippen LogP contribution in [0.1, 0.15) is 24.0 Å². The van der Waals surface area contributed by atoms with Gasteiger partial charge in [0.1, 0.15) is 5.82 Å². The second-order valence-corrected chi connectivity index (χ2v) is 8.85. The molecule has 5 nitrogen and oxygen atoms in total. The summed E-state index contributed by atoms with van der Waals surface area (Å²) in [5.74, 6) is -0.788. The van der Waals surface area contributed by atoms with Crippen LogP contribution in [0.4, 0.5) is 10.1 Å². The fourth-order valence-electron chi connectivity index (χ4n) is 3.26. The normalized spacial score (nSPS) is 16.3. The predicted molar refractivity (Wildman–Crippen MR) is 102 cm³/mol. The van der Waals surface area contributed by atoms with Crippen molar-refractivity contribution >= 4 is 21.6 Å². The Balaban J connectivity index is 1.65. The highest BCUT2D eigenvalue weighted by molar-refractivity contribution is 7.89. The molecule has 0 bridgehead atoms. The van der Waals surface area contributed by atoms with Crippen molar-refractivity contribution in [2.75, 3.05) is 18.4 Å². The summed E-state index contributed by atoms with van der Waals surface area (Å²) in [7, 11) is -3.57. The first-order valence-corrected chi connectivity index (χ1v) is 10.4. The summed E-state index contributed by atoms with van der Waals surface area (Å²) in [5.41, 5.74) is 2.15. The number of nitrogens with zero attached hydrogens (tertiary/aromatic N) is 1. The van der Waals surface area contributed by atoms with Crippen LogP contribution in [-0.2, 0) is 14.8 Å². The van der Waals surface area contributed by atoms with Crippen molar-refractivity contribution in [3.8, 4) is 0 Å². The number of piperidine rings is 1. The SMILES string of the molecule is Cc1ccc(C)c(S(=O)(=O)N2CCC(C(=O)Nc3ccc(F)cc3)CC2)c1. The van der Waals surface area contributed by atoms with E-state index in [2.05, 4.69) is 5.32 Å². The van der Waals surface area contributed by atoms with Crippen molar-refractivity contribution < 1.29 is 17.6 Å². The number of carbonyl (C=O) groups excluding carboxylic acids is 1. The highest BCUT2D eigenvalue weighted by atomic mass is 32.2. The highest BCUT2D eigenvalue weighted by Gasteiger charge is 2.32. The standard InChI is InChI=1S/C20H23FN2O3S/c1-14-3-4-15(2)19(13-14)27(25,26)23-11-9-16(10-12-23)20(24)22-18-7-5-17(21)6-8-18/h3-8,13,16H,9-12H2,1-2H3,(H,22,24). The Morgan fingerprint density at radius 2 is 1.70 bits per heavy atom. The Bertz CT molecular complexity index is 934. The van der Waals surface area contributed by atoms with Gasteiger partial charge in [0.2, 0.25) is 15.9 Å². The molecule has 0 unspecified atom stereocenters. The van der Waals surface area contributed by atoms with E-state index in [1.54, 1.807) is 13.0 Å². The van der Waals surface area contributed by atoms with Crippen LogP contribution in [0.25, 0.3) is 0 Å². The van der Waals surface area contributed by atoms with Gasteiger partial charge in [0, 0.05) is 24.7 Å². The molecule has 1 aliphatic heterocycles. The summed E-state index contributed by atoms with van der Waals surface area (Å²) in [6, 6.07) is 11.0. The third kappa shape index (κ3) is 4.36. The molecule has 0 atom stereocenters. The number of hydrogen-bond donors (Lipinski definition) is 1. The zero-order valence-corrected chi connectivity index (χ0v) is 16.2. The minimum absolute atomic E-state index is 0.162. The molecule has 0 spiro atoms. The summed E-state index contributed by atoms with van der Waals surface area (Å²) in [5, 5.41) is 2.77. The zero-order valence-electron chi connectivity index (χ0n) is 15.4. The van der Waals surface area contributed by atoms with Gasteiger partial charge in [-0.1, -0.05) is 12.1 Å². The van der Waals surface area contributed by atoms with E-state index < -0.39 is 10.0 Å². The molecule has 0 radical (unpaired) electrons. The van der Waals surface area contributed by atoms with E-state index in [0.29, 0.717) is 36.5 Å². The van der Waals surface area contributed by atoms with Gasteiger partial charge in [-0.05, 0) is 68.1 Å². The van der Waals surface area contributed by atoms with Gasteiger partial charge in [-0.25, -0.2) is 12.8 Å². The van der Waals surface area contributed by atoms with Crippen molar-refractivity contribution in [2.24, 2.45) is 5.92 Å². The van der Waals surface area contributed by atoms with Gasteiger partial charge >= 0.3 is 0 Å². The van der Waals surface area contributed by atoms with Gasteiger partial charge in [-0.15, -0.1) is 0 Å². The second-order valence-electron chi connectivity index (χ2n) is 6.94. The number of halogens is 1. The van der Waals surface area contributed by atoms with E-state index in [1.807, 2.05) is 19.1 Å². The molecule has 1 fully saturated rings. The number of sulfonamides is 1. The Hall–Kier alpha value is -2.25. The third-order valence-corrected chi connectivity index (χ3v) is 6.94. The Morgan fingerprint density at radius 3 is 2.33 bits per heavy atom. The number of amides is 1. The Labute approximate surface area is 159 Å². The lowest BCUT2D eigenvalue weighted by Crippen LogP contribution is -2.41. The van der Waals surface area contributed by atoms with E-state index in [9.17, 15) is 17.6 Å². The molecular weight excluding hydrogens is 367 g/mol. The molecule has 1 heterocycles. The number of rotatable bonds is 4. The molecule has 2 aromatic carbocycles. The van der Waals surface area contributed by atoms with Crippen molar-refractivity contribution in [1.29, 1.82) is 0 Å². The monoisotopic (exact) mass is 390 g/mol. The molecule has 3 rings (SSSR count). The second kappa shape index (κ2) is 7.78. The van der Waals surface area contributed by atoms with Crippen molar-refractivity contribution in [2.45, 2.75) is 31.6 Å². The van der Waals surface area contributed by atoms with Crippen molar-refractivity contribution in [3.05, 3.63) is 59.4 Å². The number of carbonyl (C=O) groups is 1. The van der Waals surface area contributed by atoms with Gasteiger partial charge < -0.3 is 5.32 Å². The number of aryl methyl sites for hydroxylation is 2. The maximum Gasteiger partial charge on any atom is 0.243 e. The first-order valence-electron chi connectivity index (χ1n) is 8.91. The molecule has 144 valence electrons. The average molecular weight is 390 g/mol. The van der Waals surface area contributed by atoms with Crippen LogP contribution in [0.2, 0.25) is 0 Å². The van der Waals surface area contributed by atoms with Crippen LogP contribution in [0.5, 0.6) is 0 Å². The first kappa shape index (κ1) is 19.5. The van der Waals surface area contributed by atoms with Crippen LogP contribution < -0.4 is 5.32 Å². The smallest absolute Gasteiger partial charge is 0.243 e. The molecule has 1 aliphatic rings. The van der Waals surface area contributed by atoms with Crippen molar-refractivity contribution in [3.63, 3.8) is 0 Å². The number of anilines is 1. The molecule has 0 aliphatic carbocycles. The van der Waals surface area contributed by atoms with Crippen LogP contribution in [-0.4, -0.2) is 31.7 Å². The van der Waals surface area contributed by atoms with Crippen molar-refractivity contribution in [1.82, 2.24) is 4.31 Å². The summed E-state index contributed by atoms with van der Waals surface area (Å²) in [4.78, 5) is 12.7. The molecule has 0 saturated carbocycles. The fraction of sp³-hybridized carbons (Fsp3) is 0.350. The largest absolute Gasteiger partial charge is 0.326 e. The third-order valence-electron chi connectivity index (χ3n) is 4.90.